The third kappa shape index (κ3) is 8.37. The summed E-state index contributed by atoms with van der Waals surface area (Å²) in [6.45, 7) is 0. The quantitative estimate of drug-likeness (QED) is 0.504. The Morgan fingerprint density at radius 3 is 1.67 bits per heavy atom. The zero-order valence-electron chi connectivity index (χ0n) is 17.7. The molecule has 0 saturated heterocycles. The van der Waals surface area contributed by atoms with Gasteiger partial charge in [0.25, 0.3) is 11.8 Å². The lowest BCUT2D eigenvalue weighted by molar-refractivity contribution is -0.143. The van der Waals surface area contributed by atoms with E-state index in [1.807, 2.05) is 0 Å². The minimum Gasteiger partial charge on any atom is -0.467 e. The first-order chi connectivity index (χ1) is 15.7. The molecule has 11 nitrogen and oxygen atoms in total. The first-order valence-electron chi connectivity index (χ1n) is 9.38. The molecule has 0 spiro atoms. The summed E-state index contributed by atoms with van der Waals surface area (Å²) in [6.07, 6.45) is 0. The van der Waals surface area contributed by atoms with Gasteiger partial charge in [-0.15, -0.1) is 11.8 Å². The molecule has 0 aromatic carbocycles. The second-order valence-electron chi connectivity index (χ2n) is 6.37. The molecule has 0 radical (unpaired) electrons. The van der Waals surface area contributed by atoms with Crippen molar-refractivity contribution in [3.05, 3.63) is 29.6 Å². The molecule has 2 N–H and O–H groups in total. The van der Waals surface area contributed by atoms with Gasteiger partial charge in [0, 0.05) is 11.5 Å². The van der Waals surface area contributed by atoms with Crippen LogP contribution in [-0.2, 0) is 28.7 Å². The molecule has 0 aliphatic carbocycles. The van der Waals surface area contributed by atoms with Gasteiger partial charge in [-0.3, -0.25) is 19.2 Å². The van der Waals surface area contributed by atoms with Gasteiger partial charge in [-0.2, -0.15) is 0 Å². The number of ether oxygens (including phenoxy) is 2. The topological polar surface area (TPSA) is 158 Å². The molecule has 0 saturated carbocycles. The Balaban J connectivity index is 2.32. The highest BCUT2D eigenvalue weighted by atomic mass is 32.2. The van der Waals surface area contributed by atoms with Gasteiger partial charge in [-0.05, 0) is 12.1 Å². The molecule has 2 atom stereocenters. The molecule has 0 fully saturated rings. The molecular weight excluding hydrogens is 494 g/mol. The van der Waals surface area contributed by atoms with Crippen LogP contribution in [0.3, 0.4) is 0 Å². The Labute approximate surface area is 201 Å². The fourth-order valence-electron chi connectivity index (χ4n) is 2.43. The van der Waals surface area contributed by atoms with Crippen molar-refractivity contribution < 1.29 is 38.2 Å². The highest BCUT2D eigenvalue weighted by molar-refractivity contribution is 8.17. The lowest BCUT2D eigenvalue weighted by Crippen LogP contribution is -2.45. The van der Waals surface area contributed by atoms with Gasteiger partial charge >= 0.3 is 11.9 Å². The van der Waals surface area contributed by atoms with Gasteiger partial charge < -0.3 is 20.1 Å². The molecule has 1 aliphatic heterocycles. The first kappa shape index (κ1) is 26.7. The SMILES string of the molecule is COC(=O)[C@H]1CSC(=O)CSCC(=O)SC[C@H](C(=O)OC)NC(=O)c2cccc(n2)C(=O)N1. The van der Waals surface area contributed by atoms with Crippen LogP contribution in [0, 0.1) is 0 Å². The number of hydrogen-bond donors (Lipinski definition) is 2. The fraction of sp³-hybridized carbons (Fsp3) is 0.421. The van der Waals surface area contributed by atoms with Crippen LogP contribution in [0.4, 0.5) is 0 Å². The molecular formula is C19H21N3O8S3. The lowest BCUT2D eigenvalue weighted by Gasteiger charge is -2.17. The third-order valence-corrected chi connectivity index (χ3v) is 7.29. The summed E-state index contributed by atoms with van der Waals surface area (Å²) < 4.78 is 9.36. The summed E-state index contributed by atoms with van der Waals surface area (Å²) in [7, 11) is 2.29. The van der Waals surface area contributed by atoms with Crippen LogP contribution in [0.25, 0.3) is 0 Å². The zero-order valence-corrected chi connectivity index (χ0v) is 20.1. The number of pyridine rings is 1. The van der Waals surface area contributed by atoms with E-state index in [4.69, 9.17) is 0 Å². The van der Waals surface area contributed by atoms with Crippen molar-refractivity contribution in [2.45, 2.75) is 12.1 Å². The standard InChI is InChI=1S/C19H21N3O8S3/c1-29-18(27)12-6-32-14(23)8-31-9-15(24)33-7-13(19(28)30-2)22-17(26)11-5-3-4-10(20-11)16(25)21-12/h3-5,12-13H,6-9H2,1-2H3,(H,21,25)(H,22,26)/t12-,13-/m1/s1. The average molecular weight is 516 g/mol. The molecule has 2 heterocycles. The average Bonchev–Trinajstić information content (AvgIpc) is 2.82. The molecule has 14 heteroatoms. The number of fused-ring (bicyclic) bond motifs is 2. The number of carbonyl (C=O) groups excluding carboxylic acids is 6. The van der Waals surface area contributed by atoms with Gasteiger partial charge in [-0.25, -0.2) is 14.6 Å². The number of carbonyl (C=O) groups is 6. The van der Waals surface area contributed by atoms with Gasteiger partial charge in [0.15, 0.2) is 10.2 Å². The van der Waals surface area contributed by atoms with Gasteiger partial charge in [0.2, 0.25) is 0 Å². The Kier molecular flexibility index (Phi) is 10.7. The van der Waals surface area contributed by atoms with Crippen LogP contribution in [0.1, 0.15) is 21.0 Å². The minimum absolute atomic E-state index is 0.000424. The van der Waals surface area contributed by atoms with E-state index in [9.17, 15) is 28.8 Å². The number of methoxy groups -OCH3 is 2. The third-order valence-electron chi connectivity index (χ3n) is 4.06. The Bertz CT molecular complexity index is 873. The van der Waals surface area contributed by atoms with Crippen molar-refractivity contribution in [1.29, 1.82) is 0 Å². The maximum absolute atomic E-state index is 12.6. The molecule has 1 aromatic rings. The van der Waals surface area contributed by atoms with Crippen LogP contribution < -0.4 is 10.6 Å². The van der Waals surface area contributed by atoms with Crippen molar-refractivity contribution >= 4 is 69.3 Å². The van der Waals surface area contributed by atoms with Gasteiger partial charge in [-0.1, -0.05) is 29.6 Å². The van der Waals surface area contributed by atoms with E-state index in [0.717, 1.165) is 49.5 Å². The summed E-state index contributed by atoms with van der Waals surface area (Å²) in [4.78, 5) is 77.6. The number of rotatable bonds is 2. The fourth-order valence-corrected chi connectivity index (χ4v) is 5.17. The lowest BCUT2D eigenvalue weighted by atomic mass is 10.2. The van der Waals surface area contributed by atoms with E-state index in [-0.39, 0.29) is 44.6 Å². The second kappa shape index (κ2) is 13.2. The summed E-state index contributed by atoms with van der Waals surface area (Å²) in [5.74, 6) is -3.19. The number of nitrogens with zero attached hydrogens (tertiary/aromatic N) is 1. The van der Waals surface area contributed by atoms with Gasteiger partial charge in [0.05, 0.1) is 25.7 Å². The van der Waals surface area contributed by atoms with E-state index >= 15 is 0 Å². The number of thioether (sulfide) groups is 3. The number of hydrogen-bond acceptors (Lipinski definition) is 12. The number of esters is 2. The molecule has 2 amide bonds. The van der Waals surface area contributed by atoms with Crippen molar-refractivity contribution in [2.24, 2.45) is 0 Å². The summed E-state index contributed by atoms with van der Waals surface area (Å²) in [5, 5.41) is 4.30. The molecule has 178 valence electrons. The van der Waals surface area contributed by atoms with Crippen LogP contribution >= 0.6 is 35.3 Å². The highest BCUT2D eigenvalue weighted by Crippen LogP contribution is 2.16. The summed E-state index contributed by atoms with van der Waals surface area (Å²) >= 11 is 2.71. The Morgan fingerprint density at radius 1 is 0.848 bits per heavy atom. The Morgan fingerprint density at radius 2 is 1.27 bits per heavy atom. The number of nitrogens with one attached hydrogen (secondary N) is 2. The number of amides is 2. The first-order valence-corrected chi connectivity index (χ1v) is 12.5. The van der Waals surface area contributed by atoms with Gasteiger partial charge in [0.1, 0.15) is 23.5 Å². The molecule has 1 aromatic heterocycles. The molecule has 1 aliphatic rings. The van der Waals surface area contributed by atoms with Crippen molar-refractivity contribution in [3.63, 3.8) is 0 Å². The predicted molar refractivity (Wildman–Crippen MR) is 123 cm³/mol. The van der Waals surface area contributed by atoms with Crippen molar-refractivity contribution in [1.82, 2.24) is 15.6 Å². The van der Waals surface area contributed by atoms with Crippen molar-refractivity contribution in [2.75, 3.05) is 37.2 Å². The molecule has 2 bridgehead atoms. The van der Waals surface area contributed by atoms with Crippen LogP contribution in [-0.4, -0.2) is 88.3 Å². The minimum atomic E-state index is -1.14. The van der Waals surface area contributed by atoms with Crippen LogP contribution in [0.5, 0.6) is 0 Å². The smallest absolute Gasteiger partial charge is 0.329 e. The molecule has 33 heavy (non-hydrogen) atoms. The molecule has 0 unspecified atom stereocenters. The van der Waals surface area contributed by atoms with Crippen LogP contribution in [0.2, 0.25) is 0 Å². The monoisotopic (exact) mass is 515 g/mol. The number of aromatic nitrogens is 1. The normalized spacial score (nSPS) is 21.2. The van der Waals surface area contributed by atoms with E-state index in [1.165, 1.54) is 18.2 Å². The Hall–Kier alpha value is -2.58. The zero-order chi connectivity index (χ0) is 24.4. The summed E-state index contributed by atoms with van der Waals surface area (Å²) in [5.41, 5.74) is -0.326. The van der Waals surface area contributed by atoms with E-state index in [1.54, 1.807) is 0 Å². The maximum atomic E-state index is 12.6. The highest BCUT2D eigenvalue weighted by Gasteiger charge is 2.27. The second-order valence-corrected chi connectivity index (χ2v) is 9.51. The van der Waals surface area contributed by atoms with E-state index in [0.29, 0.717) is 0 Å². The predicted octanol–water partition coefficient (Wildman–Crippen LogP) is -0.109. The van der Waals surface area contributed by atoms with Crippen LogP contribution in [0.15, 0.2) is 18.2 Å². The van der Waals surface area contributed by atoms with Crippen molar-refractivity contribution in [3.8, 4) is 0 Å². The molecule has 2 rings (SSSR count). The maximum Gasteiger partial charge on any atom is 0.329 e. The van der Waals surface area contributed by atoms with E-state index < -0.39 is 35.8 Å². The van der Waals surface area contributed by atoms with E-state index in [2.05, 4.69) is 25.1 Å². The largest absolute Gasteiger partial charge is 0.467 e. The summed E-state index contributed by atoms with van der Waals surface area (Å²) in [6, 6.07) is 1.80.